The van der Waals surface area contributed by atoms with Gasteiger partial charge in [0.2, 0.25) is 10.0 Å². The van der Waals surface area contributed by atoms with Crippen molar-refractivity contribution in [3.8, 4) is 0 Å². The summed E-state index contributed by atoms with van der Waals surface area (Å²) in [6.45, 7) is 5.20. The fourth-order valence-electron chi connectivity index (χ4n) is 4.19. The molecule has 0 aliphatic carbocycles. The predicted molar refractivity (Wildman–Crippen MR) is 135 cm³/mol. The zero-order valence-electron chi connectivity index (χ0n) is 20.5. The fourth-order valence-corrected chi connectivity index (χ4v) is 7.16. The molecule has 0 saturated carbocycles. The van der Waals surface area contributed by atoms with E-state index in [1.807, 2.05) is 7.05 Å². The maximum atomic E-state index is 13.1. The van der Waals surface area contributed by atoms with Crippen molar-refractivity contribution >= 4 is 44.2 Å². The second kappa shape index (κ2) is 9.90. The minimum absolute atomic E-state index is 0.0311. The van der Waals surface area contributed by atoms with E-state index in [9.17, 15) is 22.8 Å². The Morgan fingerprint density at radius 2 is 1.81 bits per heavy atom. The molecule has 3 N–H and O–H groups in total. The van der Waals surface area contributed by atoms with Crippen LogP contribution in [0.3, 0.4) is 0 Å². The summed E-state index contributed by atoms with van der Waals surface area (Å²) in [4.78, 5) is 40.8. The molecule has 4 rings (SSSR count). The zero-order chi connectivity index (χ0) is 26.3. The van der Waals surface area contributed by atoms with Gasteiger partial charge in [-0.05, 0) is 57.1 Å². The normalized spacial score (nSPS) is 17.9. The van der Waals surface area contributed by atoms with E-state index in [2.05, 4.69) is 20.9 Å². The molecule has 0 bridgehead atoms. The number of benzene rings is 1. The second-order valence-electron chi connectivity index (χ2n) is 9.35. The van der Waals surface area contributed by atoms with Crippen LogP contribution in [0.2, 0.25) is 0 Å². The van der Waals surface area contributed by atoms with E-state index in [-0.39, 0.29) is 22.8 Å². The van der Waals surface area contributed by atoms with Crippen molar-refractivity contribution in [2.45, 2.75) is 37.2 Å². The minimum Gasteiger partial charge on any atom is -0.363 e. The van der Waals surface area contributed by atoms with Crippen molar-refractivity contribution in [1.29, 1.82) is 0 Å². The van der Waals surface area contributed by atoms with E-state index in [1.54, 1.807) is 13.8 Å². The average Bonchev–Trinajstić information content (AvgIpc) is 3.37. The van der Waals surface area contributed by atoms with Crippen molar-refractivity contribution < 1.29 is 27.5 Å². The van der Waals surface area contributed by atoms with Crippen LogP contribution in [0.5, 0.6) is 0 Å². The lowest BCUT2D eigenvalue weighted by molar-refractivity contribution is 0.0964. The SMILES string of the molecule is CNC(=O)NC(=O)c1c(NC(=O)c2ccc(S(=O)(=O)N3COCC3(C)C)cc2)sc2c1CCN(C)C2. The van der Waals surface area contributed by atoms with Gasteiger partial charge in [0.1, 0.15) is 11.7 Å². The summed E-state index contributed by atoms with van der Waals surface area (Å²) < 4.78 is 32.7. The molecule has 1 saturated heterocycles. The highest BCUT2D eigenvalue weighted by atomic mass is 32.2. The van der Waals surface area contributed by atoms with E-state index >= 15 is 0 Å². The van der Waals surface area contributed by atoms with Crippen LogP contribution in [0.25, 0.3) is 0 Å². The summed E-state index contributed by atoms with van der Waals surface area (Å²) in [7, 11) is -0.428. The van der Waals surface area contributed by atoms with E-state index in [0.717, 1.165) is 17.0 Å². The van der Waals surface area contributed by atoms with Gasteiger partial charge in [-0.2, -0.15) is 4.31 Å². The largest absolute Gasteiger partial charge is 0.363 e. The van der Waals surface area contributed by atoms with Crippen LogP contribution in [0.1, 0.15) is 45.0 Å². The number of fused-ring (bicyclic) bond motifs is 1. The third kappa shape index (κ3) is 5.02. The second-order valence-corrected chi connectivity index (χ2v) is 12.3. The number of likely N-dealkylation sites (N-methyl/N-ethyl adjacent to an activating group) is 1. The maximum Gasteiger partial charge on any atom is 0.321 e. The zero-order valence-corrected chi connectivity index (χ0v) is 22.1. The molecule has 1 aromatic heterocycles. The number of ether oxygens (including phenoxy) is 1. The Bertz CT molecular complexity index is 1300. The Labute approximate surface area is 213 Å². The molecule has 0 atom stereocenters. The van der Waals surface area contributed by atoms with Crippen LogP contribution in [0.4, 0.5) is 9.80 Å². The molecule has 1 aromatic carbocycles. The molecule has 1 fully saturated rings. The van der Waals surface area contributed by atoms with Crippen molar-refractivity contribution in [1.82, 2.24) is 19.8 Å². The molecule has 0 radical (unpaired) electrons. The number of imide groups is 1. The molecule has 194 valence electrons. The van der Waals surface area contributed by atoms with Gasteiger partial charge >= 0.3 is 6.03 Å². The summed E-state index contributed by atoms with van der Waals surface area (Å²) in [6, 6.07) is 4.97. The Kier molecular flexibility index (Phi) is 7.21. The summed E-state index contributed by atoms with van der Waals surface area (Å²) in [5, 5.41) is 7.75. The van der Waals surface area contributed by atoms with E-state index < -0.39 is 33.4 Å². The number of rotatable bonds is 5. The van der Waals surface area contributed by atoms with Gasteiger partial charge in [-0.3, -0.25) is 14.9 Å². The molecule has 0 spiro atoms. The van der Waals surface area contributed by atoms with E-state index in [4.69, 9.17) is 4.74 Å². The number of carbonyl (C=O) groups is 3. The number of anilines is 1. The molecular weight excluding hydrogens is 506 g/mol. The third-order valence-electron chi connectivity index (χ3n) is 6.20. The maximum absolute atomic E-state index is 13.1. The monoisotopic (exact) mass is 535 g/mol. The lowest BCUT2D eigenvalue weighted by Crippen LogP contribution is -2.44. The highest BCUT2D eigenvalue weighted by Gasteiger charge is 2.42. The average molecular weight is 536 g/mol. The third-order valence-corrected chi connectivity index (χ3v) is 9.38. The van der Waals surface area contributed by atoms with Crippen molar-refractivity contribution in [2.75, 3.05) is 39.3 Å². The van der Waals surface area contributed by atoms with E-state index in [1.165, 1.54) is 47.0 Å². The van der Waals surface area contributed by atoms with Crippen LogP contribution < -0.4 is 16.0 Å². The number of sulfonamides is 1. The van der Waals surface area contributed by atoms with Crippen LogP contribution in [-0.2, 0) is 27.7 Å². The van der Waals surface area contributed by atoms with Crippen LogP contribution in [-0.4, -0.2) is 75.0 Å². The van der Waals surface area contributed by atoms with Gasteiger partial charge in [-0.1, -0.05) is 0 Å². The van der Waals surface area contributed by atoms with Crippen molar-refractivity contribution in [2.24, 2.45) is 0 Å². The number of nitrogens with one attached hydrogen (secondary N) is 3. The number of thiophene rings is 1. The number of hydrogen-bond acceptors (Lipinski definition) is 8. The Morgan fingerprint density at radius 1 is 1.11 bits per heavy atom. The Morgan fingerprint density at radius 3 is 2.42 bits per heavy atom. The van der Waals surface area contributed by atoms with Crippen LogP contribution in [0, 0.1) is 0 Å². The predicted octanol–water partition coefficient (Wildman–Crippen LogP) is 1.81. The molecule has 13 heteroatoms. The first-order chi connectivity index (χ1) is 16.9. The summed E-state index contributed by atoms with van der Waals surface area (Å²) in [6.07, 6.45) is 0.609. The standard InChI is InChI=1S/C23H29N5O6S2/c1-23(2)12-34-13-28(23)36(32,33)15-7-5-14(6-8-15)19(29)25-21-18(20(30)26-22(31)24-3)16-9-10-27(4)11-17(16)35-21/h5-8H,9-13H2,1-4H3,(H,25,29)(H2,24,26,30,31). The molecule has 2 aromatic rings. The summed E-state index contributed by atoms with van der Waals surface area (Å²) in [5.74, 6) is -1.09. The first kappa shape index (κ1) is 26.2. The molecule has 0 unspecified atom stereocenters. The van der Waals surface area contributed by atoms with Gasteiger partial charge < -0.3 is 20.3 Å². The smallest absolute Gasteiger partial charge is 0.321 e. The Balaban J connectivity index is 1.58. The molecule has 4 amide bonds. The quantitative estimate of drug-likeness (QED) is 0.531. The van der Waals surface area contributed by atoms with Crippen LogP contribution >= 0.6 is 11.3 Å². The fraction of sp³-hybridized carbons (Fsp3) is 0.435. The first-order valence-corrected chi connectivity index (χ1v) is 13.6. The van der Waals surface area contributed by atoms with Gasteiger partial charge in [-0.25, -0.2) is 13.2 Å². The topological polar surface area (TPSA) is 137 Å². The molecule has 3 heterocycles. The number of carbonyl (C=O) groups excluding carboxylic acids is 3. The number of nitrogens with zero attached hydrogens (tertiary/aromatic N) is 2. The highest BCUT2D eigenvalue weighted by molar-refractivity contribution is 7.89. The Hall–Kier alpha value is -2.84. The minimum atomic E-state index is -3.80. The number of hydrogen-bond donors (Lipinski definition) is 3. The molecule has 11 nitrogen and oxygen atoms in total. The molecule has 2 aliphatic heterocycles. The number of urea groups is 1. The van der Waals surface area contributed by atoms with Crippen molar-refractivity contribution in [3.63, 3.8) is 0 Å². The van der Waals surface area contributed by atoms with Gasteiger partial charge in [0.15, 0.2) is 0 Å². The highest BCUT2D eigenvalue weighted by Crippen LogP contribution is 2.37. The molecule has 36 heavy (non-hydrogen) atoms. The lowest BCUT2D eigenvalue weighted by atomic mass is 10.0. The van der Waals surface area contributed by atoms with Crippen molar-refractivity contribution in [3.05, 3.63) is 45.8 Å². The van der Waals surface area contributed by atoms with Gasteiger partial charge in [-0.15, -0.1) is 11.3 Å². The van der Waals surface area contributed by atoms with Gasteiger partial charge in [0.25, 0.3) is 11.8 Å². The number of amides is 4. The van der Waals surface area contributed by atoms with Gasteiger partial charge in [0.05, 0.1) is 22.6 Å². The van der Waals surface area contributed by atoms with Gasteiger partial charge in [0, 0.05) is 30.6 Å². The molecular formula is C23H29N5O6S2. The van der Waals surface area contributed by atoms with E-state index in [0.29, 0.717) is 24.6 Å². The summed E-state index contributed by atoms with van der Waals surface area (Å²) in [5.41, 5.74) is 0.640. The summed E-state index contributed by atoms with van der Waals surface area (Å²) >= 11 is 1.29. The first-order valence-electron chi connectivity index (χ1n) is 11.3. The lowest BCUT2D eigenvalue weighted by Gasteiger charge is -2.28. The van der Waals surface area contributed by atoms with Crippen LogP contribution in [0.15, 0.2) is 29.2 Å². The molecule has 2 aliphatic rings.